The molecule has 29 heavy (non-hydrogen) atoms. The summed E-state index contributed by atoms with van der Waals surface area (Å²) >= 11 is 7.65. The summed E-state index contributed by atoms with van der Waals surface area (Å²) in [6, 6.07) is 2.18. The second kappa shape index (κ2) is 9.49. The molecular formula is C19H22ClFN4O3S. The Bertz CT molecular complexity index is 894. The first-order chi connectivity index (χ1) is 14.0. The summed E-state index contributed by atoms with van der Waals surface area (Å²) in [7, 11) is 1.28. The number of urea groups is 1. The number of halogens is 2. The number of fused-ring (bicyclic) bond motifs is 1. The highest BCUT2D eigenvalue weighted by Crippen LogP contribution is 2.35. The highest BCUT2D eigenvalue weighted by molar-refractivity contribution is 7.98. The lowest BCUT2D eigenvalue weighted by Gasteiger charge is -2.36. The van der Waals surface area contributed by atoms with Crippen molar-refractivity contribution in [2.75, 3.05) is 25.7 Å². The number of aromatic nitrogens is 2. The number of thioether (sulfide) groups is 1. The van der Waals surface area contributed by atoms with E-state index in [1.165, 1.54) is 36.5 Å². The molecule has 0 saturated heterocycles. The summed E-state index contributed by atoms with van der Waals surface area (Å²) in [5.41, 5.74) is 1.65. The summed E-state index contributed by atoms with van der Waals surface area (Å²) < 4.78 is 19.5. The van der Waals surface area contributed by atoms with Crippen molar-refractivity contribution in [2.24, 2.45) is 0 Å². The van der Waals surface area contributed by atoms with Crippen molar-refractivity contribution in [3.05, 3.63) is 52.3 Å². The fraction of sp³-hybridized carbons (Fsp3) is 0.421. The summed E-state index contributed by atoms with van der Waals surface area (Å²) in [5, 5.41) is 3.09. The number of esters is 1. The number of aromatic amines is 1. The number of H-pyrrole nitrogens is 1. The number of methoxy groups -OCH3 is 1. The van der Waals surface area contributed by atoms with Crippen molar-refractivity contribution >= 4 is 35.4 Å². The molecule has 0 aliphatic carbocycles. The minimum Gasteiger partial charge on any atom is -0.467 e. The first kappa shape index (κ1) is 21.4. The van der Waals surface area contributed by atoms with Crippen LogP contribution in [-0.2, 0) is 16.0 Å². The zero-order chi connectivity index (χ0) is 21.0. The van der Waals surface area contributed by atoms with E-state index in [4.69, 9.17) is 16.3 Å². The highest BCUT2D eigenvalue weighted by Gasteiger charge is 2.37. The molecule has 3 rings (SSSR count). The maximum absolute atomic E-state index is 14.7. The maximum atomic E-state index is 14.7. The van der Waals surface area contributed by atoms with Gasteiger partial charge in [-0.1, -0.05) is 11.6 Å². The number of hydrogen-bond acceptors (Lipinski definition) is 5. The highest BCUT2D eigenvalue weighted by atomic mass is 35.5. The van der Waals surface area contributed by atoms with Crippen molar-refractivity contribution in [3.8, 4) is 0 Å². The maximum Gasteiger partial charge on any atom is 0.328 e. The van der Waals surface area contributed by atoms with Crippen molar-refractivity contribution in [1.82, 2.24) is 20.2 Å². The van der Waals surface area contributed by atoms with Gasteiger partial charge in [-0.25, -0.2) is 19.0 Å². The zero-order valence-electron chi connectivity index (χ0n) is 16.1. The summed E-state index contributed by atoms with van der Waals surface area (Å²) in [5.74, 6) is -0.328. The molecule has 0 spiro atoms. The predicted molar refractivity (Wildman–Crippen MR) is 110 cm³/mol. The van der Waals surface area contributed by atoms with Gasteiger partial charge >= 0.3 is 12.0 Å². The van der Waals surface area contributed by atoms with Crippen molar-refractivity contribution in [1.29, 1.82) is 0 Å². The van der Waals surface area contributed by atoms with Crippen molar-refractivity contribution < 1.29 is 18.7 Å². The van der Waals surface area contributed by atoms with Crippen LogP contribution in [0.15, 0.2) is 24.5 Å². The number of ether oxygens (including phenoxy) is 1. The smallest absolute Gasteiger partial charge is 0.328 e. The lowest BCUT2D eigenvalue weighted by Crippen LogP contribution is -2.51. The van der Waals surface area contributed by atoms with Gasteiger partial charge in [0.2, 0.25) is 0 Å². The molecule has 10 heteroatoms. The van der Waals surface area contributed by atoms with E-state index < -0.39 is 29.9 Å². The molecule has 156 valence electrons. The van der Waals surface area contributed by atoms with Gasteiger partial charge in [0, 0.05) is 29.2 Å². The van der Waals surface area contributed by atoms with Crippen LogP contribution in [0, 0.1) is 5.82 Å². The van der Waals surface area contributed by atoms with Gasteiger partial charge < -0.3 is 19.9 Å². The molecule has 2 amide bonds. The molecule has 2 N–H and O–H groups in total. The molecule has 0 bridgehead atoms. The first-order valence-corrected chi connectivity index (χ1v) is 10.8. The lowest BCUT2D eigenvalue weighted by molar-refractivity contribution is -0.142. The van der Waals surface area contributed by atoms with Crippen LogP contribution >= 0.6 is 23.4 Å². The number of imidazole rings is 1. The Morgan fingerprint density at radius 1 is 1.52 bits per heavy atom. The Balaban J connectivity index is 1.93. The molecular weight excluding hydrogens is 419 g/mol. The molecule has 2 atom stereocenters. The Hall–Kier alpha value is -2.26. The van der Waals surface area contributed by atoms with E-state index in [1.807, 2.05) is 6.26 Å². The van der Waals surface area contributed by atoms with Gasteiger partial charge in [0.1, 0.15) is 17.9 Å². The molecule has 1 aliphatic heterocycles. The van der Waals surface area contributed by atoms with E-state index in [-0.39, 0.29) is 5.56 Å². The number of carbonyl (C=O) groups excluding carboxylic acids is 2. The number of hydrogen-bond donors (Lipinski definition) is 2. The van der Waals surface area contributed by atoms with Crippen molar-refractivity contribution in [2.45, 2.75) is 24.9 Å². The van der Waals surface area contributed by atoms with Gasteiger partial charge in [0.05, 0.1) is 19.1 Å². The summed E-state index contributed by atoms with van der Waals surface area (Å²) in [6.07, 6.45) is 4.40. The monoisotopic (exact) mass is 440 g/mol. The molecule has 2 unspecified atom stereocenters. The predicted octanol–water partition coefficient (Wildman–Crippen LogP) is 3.15. The van der Waals surface area contributed by atoms with E-state index in [0.717, 1.165) is 5.69 Å². The van der Waals surface area contributed by atoms with Crippen LogP contribution in [-0.4, -0.2) is 58.6 Å². The average Bonchev–Trinajstić information content (AvgIpc) is 3.20. The fourth-order valence-corrected chi connectivity index (χ4v) is 4.05. The van der Waals surface area contributed by atoms with Gasteiger partial charge in [-0.15, -0.1) is 0 Å². The Labute approximate surface area is 177 Å². The third-order valence-corrected chi connectivity index (χ3v) is 5.71. The van der Waals surface area contributed by atoms with Gasteiger partial charge in [-0.2, -0.15) is 11.8 Å². The Morgan fingerprint density at radius 2 is 2.31 bits per heavy atom. The third kappa shape index (κ3) is 4.67. The molecule has 0 saturated carbocycles. The number of amides is 2. The number of nitrogens with zero attached hydrogens (tertiary/aromatic N) is 2. The van der Waals surface area contributed by atoms with Crippen LogP contribution in [0.3, 0.4) is 0 Å². The van der Waals surface area contributed by atoms with Crippen LogP contribution in [0.4, 0.5) is 9.18 Å². The minimum atomic E-state index is -0.787. The average molecular weight is 441 g/mol. The molecule has 2 heterocycles. The molecule has 0 fully saturated rings. The van der Waals surface area contributed by atoms with Gasteiger partial charge in [-0.05, 0) is 36.6 Å². The van der Waals surface area contributed by atoms with Gasteiger partial charge in [-0.3, -0.25) is 0 Å². The molecule has 1 aliphatic rings. The molecule has 1 aromatic heterocycles. The largest absolute Gasteiger partial charge is 0.467 e. The molecule has 0 radical (unpaired) electrons. The summed E-state index contributed by atoms with van der Waals surface area (Å²) in [4.78, 5) is 34.0. The Morgan fingerprint density at radius 3 is 3.03 bits per heavy atom. The molecule has 7 nitrogen and oxygen atoms in total. The van der Waals surface area contributed by atoms with E-state index >= 15 is 0 Å². The quantitative estimate of drug-likeness (QED) is 0.674. The zero-order valence-corrected chi connectivity index (χ0v) is 17.6. The van der Waals surface area contributed by atoms with Crippen molar-refractivity contribution in [3.63, 3.8) is 0 Å². The number of rotatable bonds is 6. The van der Waals surface area contributed by atoms with Crippen LogP contribution in [0.1, 0.15) is 29.4 Å². The molecule has 2 aromatic rings. The van der Waals surface area contributed by atoms with E-state index in [0.29, 0.717) is 35.9 Å². The normalized spacial score (nSPS) is 16.8. The fourth-order valence-electron chi connectivity index (χ4n) is 3.39. The number of nitrogens with one attached hydrogen (secondary N) is 2. The van der Waals surface area contributed by atoms with E-state index in [1.54, 1.807) is 11.8 Å². The topological polar surface area (TPSA) is 87.3 Å². The van der Waals surface area contributed by atoms with Gasteiger partial charge in [0.25, 0.3) is 0 Å². The summed E-state index contributed by atoms with van der Waals surface area (Å²) in [6.45, 7) is 0.327. The minimum absolute atomic E-state index is 0.249. The van der Waals surface area contributed by atoms with Crippen LogP contribution < -0.4 is 5.32 Å². The second-order valence-corrected chi connectivity index (χ2v) is 8.01. The third-order valence-electron chi connectivity index (χ3n) is 4.83. The van der Waals surface area contributed by atoms with Crippen LogP contribution in [0.5, 0.6) is 0 Å². The van der Waals surface area contributed by atoms with E-state index in [2.05, 4.69) is 15.3 Å². The molecule has 1 aromatic carbocycles. The lowest BCUT2D eigenvalue weighted by atomic mass is 9.95. The Kier molecular flexibility index (Phi) is 7.02. The van der Waals surface area contributed by atoms with Gasteiger partial charge in [0.15, 0.2) is 0 Å². The number of carbonyl (C=O) groups is 2. The second-order valence-electron chi connectivity index (χ2n) is 6.58. The van der Waals surface area contributed by atoms with Crippen LogP contribution in [0.2, 0.25) is 5.02 Å². The number of benzene rings is 1. The van der Waals surface area contributed by atoms with Crippen LogP contribution in [0.25, 0.3) is 0 Å². The standard InChI is InChI=1S/C19H22ClFN4O3S/c1-28-18(26)15(6-8-29-2)24-19(27)25-7-5-14-16(23-10-22-14)17(25)12-9-11(20)3-4-13(12)21/h3-4,9-10,15,17H,5-8H2,1-2H3,(H,22,23)(H,24,27). The van der Waals surface area contributed by atoms with E-state index in [9.17, 15) is 14.0 Å². The SMILES string of the molecule is COC(=O)C(CCSC)NC(=O)N1CCc2[nH]cnc2C1c1cc(Cl)ccc1F. The first-order valence-electron chi connectivity index (χ1n) is 9.07.